The molecular weight excluding hydrogens is 319 g/mol. The second-order valence-electron chi connectivity index (χ2n) is 5.17. The summed E-state index contributed by atoms with van der Waals surface area (Å²) in [6.45, 7) is 1.53. The first-order chi connectivity index (χ1) is 10.6. The van der Waals surface area contributed by atoms with E-state index in [1.54, 1.807) is 12.1 Å². The Morgan fingerprint density at radius 1 is 1.14 bits per heavy atom. The molecule has 1 heterocycles. The Morgan fingerprint density at radius 3 is 2.50 bits per heavy atom. The normalized spacial score (nSPS) is 17.5. The van der Waals surface area contributed by atoms with Crippen molar-refractivity contribution in [1.82, 2.24) is 5.01 Å². The molecule has 0 aliphatic carbocycles. The molecule has 2 aromatic carbocycles. The van der Waals surface area contributed by atoms with Gasteiger partial charge in [-0.05, 0) is 23.3 Å². The van der Waals surface area contributed by atoms with Gasteiger partial charge in [-0.25, -0.2) is 5.01 Å². The fraction of sp³-hybridized carbons (Fsp3) is 0.176. The molecule has 3 rings (SSSR count). The summed E-state index contributed by atoms with van der Waals surface area (Å²) in [7, 11) is 0. The number of nitrogens with zero attached hydrogens (tertiary/aromatic N) is 2. The Balaban J connectivity index is 1.96. The lowest BCUT2D eigenvalue weighted by Crippen LogP contribution is -2.24. The van der Waals surface area contributed by atoms with Crippen molar-refractivity contribution in [1.29, 1.82) is 0 Å². The fourth-order valence-electron chi connectivity index (χ4n) is 2.59. The molecule has 1 aliphatic rings. The number of hydrazone groups is 1. The van der Waals surface area contributed by atoms with Crippen molar-refractivity contribution in [3.8, 4) is 0 Å². The zero-order valence-electron chi connectivity index (χ0n) is 12.0. The van der Waals surface area contributed by atoms with Crippen molar-refractivity contribution in [2.45, 2.75) is 19.4 Å². The summed E-state index contributed by atoms with van der Waals surface area (Å²) < 4.78 is 0. The van der Waals surface area contributed by atoms with E-state index in [4.69, 9.17) is 23.2 Å². The van der Waals surface area contributed by atoms with Gasteiger partial charge >= 0.3 is 0 Å². The van der Waals surface area contributed by atoms with E-state index in [0.29, 0.717) is 16.5 Å². The van der Waals surface area contributed by atoms with E-state index in [1.807, 2.05) is 36.4 Å². The van der Waals surface area contributed by atoms with Gasteiger partial charge in [0.25, 0.3) is 0 Å². The Labute approximate surface area is 139 Å². The molecule has 2 aromatic rings. The number of carbonyl (C=O) groups is 1. The first-order valence-corrected chi connectivity index (χ1v) is 7.69. The van der Waals surface area contributed by atoms with Gasteiger partial charge in [0.15, 0.2) is 0 Å². The number of hydrogen-bond acceptors (Lipinski definition) is 2. The zero-order chi connectivity index (χ0) is 15.7. The first kappa shape index (κ1) is 15.1. The van der Waals surface area contributed by atoms with Crippen LogP contribution < -0.4 is 0 Å². The average Bonchev–Trinajstić information content (AvgIpc) is 2.96. The van der Waals surface area contributed by atoms with Crippen LogP contribution in [0.1, 0.15) is 30.5 Å². The van der Waals surface area contributed by atoms with E-state index >= 15 is 0 Å². The highest BCUT2D eigenvalue weighted by molar-refractivity contribution is 6.42. The quantitative estimate of drug-likeness (QED) is 0.785. The van der Waals surface area contributed by atoms with Crippen molar-refractivity contribution >= 4 is 34.8 Å². The van der Waals surface area contributed by atoms with Gasteiger partial charge in [0.1, 0.15) is 0 Å². The van der Waals surface area contributed by atoms with Crippen LogP contribution in [0.25, 0.3) is 0 Å². The SMILES string of the molecule is CC(=O)N1N=C(c2ccc(Cl)c(Cl)c2)C[C@@H]1c1ccccc1. The molecule has 0 radical (unpaired) electrons. The molecule has 0 unspecified atom stereocenters. The van der Waals surface area contributed by atoms with Crippen molar-refractivity contribution < 1.29 is 4.79 Å². The Hall–Kier alpha value is -1.84. The van der Waals surface area contributed by atoms with Crippen LogP contribution in [0.2, 0.25) is 10.0 Å². The minimum atomic E-state index is -0.0804. The van der Waals surface area contributed by atoms with Gasteiger partial charge in [0.2, 0.25) is 5.91 Å². The lowest BCUT2D eigenvalue weighted by atomic mass is 9.98. The van der Waals surface area contributed by atoms with Crippen LogP contribution >= 0.6 is 23.2 Å². The maximum absolute atomic E-state index is 11.9. The molecule has 1 atom stereocenters. The maximum atomic E-state index is 11.9. The largest absolute Gasteiger partial charge is 0.273 e. The van der Waals surface area contributed by atoms with Crippen LogP contribution in [0.4, 0.5) is 0 Å². The monoisotopic (exact) mass is 332 g/mol. The molecule has 0 spiro atoms. The number of halogens is 2. The van der Waals surface area contributed by atoms with E-state index < -0.39 is 0 Å². The molecule has 1 aliphatic heterocycles. The number of carbonyl (C=O) groups excluding carboxylic acids is 1. The molecule has 0 saturated carbocycles. The van der Waals surface area contributed by atoms with Crippen LogP contribution in [0.5, 0.6) is 0 Å². The summed E-state index contributed by atoms with van der Waals surface area (Å²) in [4.78, 5) is 11.9. The molecule has 0 N–H and O–H groups in total. The summed E-state index contributed by atoms with van der Waals surface area (Å²) in [5.74, 6) is -0.0797. The van der Waals surface area contributed by atoms with Gasteiger partial charge in [0.05, 0.1) is 21.8 Å². The third-order valence-corrected chi connectivity index (χ3v) is 4.41. The lowest BCUT2D eigenvalue weighted by Gasteiger charge is -2.20. The highest BCUT2D eigenvalue weighted by atomic mass is 35.5. The highest BCUT2D eigenvalue weighted by Gasteiger charge is 2.31. The van der Waals surface area contributed by atoms with Crippen molar-refractivity contribution in [3.05, 3.63) is 69.7 Å². The molecule has 0 saturated heterocycles. The molecular formula is C17H14Cl2N2O. The summed E-state index contributed by atoms with van der Waals surface area (Å²) in [6.07, 6.45) is 0.654. The minimum absolute atomic E-state index is 0.0797. The summed E-state index contributed by atoms with van der Waals surface area (Å²) >= 11 is 12.0. The van der Waals surface area contributed by atoms with E-state index in [1.165, 1.54) is 11.9 Å². The lowest BCUT2D eigenvalue weighted by molar-refractivity contribution is -0.130. The van der Waals surface area contributed by atoms with Gasteiger partial charge in [-0.2, -0.15) is 5.10 Å². The van der Waals surface area contributed by atoms with Crippen LogP contribution in [0, 0.1) is 0 Å². The van der Waals surface area contributed by atoms with E-state index in [9.17, 15) is 4.79 Å². The topological polar surface area (TPSA) is 32.7 Å². The number of benzene rings is 2. The minimum Gasteiger partial charge on any atom is -0.273 e. The third-order valence-electron chi connectivity index (χ3n) is 3.67. The highest BCUT2D eigenvalue weighted by Crippen LogP contribution is 2.33. The van der Waals surface area contributed by atoms with Crippen molar-refractivity contribution in [2.24, 2.45) is 5.10 Å². The summed E-state index contributed by atoms with van der Waals surface area (Å²) in [5.41, 5.74) is 2.79. The van der Waals surface area contributed by atoms with E-state index in [-0.39, 0.29) is 11.9 Å². The number of hydrogen-bond donors (Lipinski definition) is 0. The van der Waals surface area contributed by atoms with Crippen LogP contribution in [-0.2, 0) is 4.79 Å². The first-order valence-electron chi connectivity index (χ1n) is 6.94. The van der Waals surface area contributed by atoms with Crippen molar-refractivity contribution in [3.63, 3.8) is 0 Å². The van der Waals surface area contributed by atoms with Crippen LogP contribution in [0.15, 0.2) is 53.6 Å². The van der Waals surface area contributed by atoms with Gasteiger partial charge in [-0.3, -0.25) is 4.79 Å². The fourth-order valence-corrected chi connectivity index (χ4v) is 2.88. The zero-order valence-corrected chi connectivity index (χ0v) is 13.5. The molecule has 5 heteroatoms. The van der Waals surface area contributed by atoms with E-state index in [0.717, 1.165) is 16.8 Å². The molecule has 1 amide bonds. The predicted molar refractivity (Wildman–Crippen MR) is 89.3 cm³/mol. The second kappa shape index (κ2) is 6.11. The van der Waals surface area contributed by atoms with Crippen molar-refractivity contribution in [2.75, 3.05) is 0 Å². The predicted octanol–water partition coefficient (Wildman–Crippen LogP) is 4.69. The van der Waals surface area contributed by atoms with Gasteiger partial charge in [-0.15, -0.1) is 0 Å². The van der Waals surface area contributed by atoms with Gasteiger partial charge in [-0.1, -0.05) is 59.6 Å². The smallest absolute Gasteiger partial charge is 0.240 e. The number of amides is 1. The standard InChI is InChI=1S/C17H14Cl2N2O/c1-11(22)21-17(12-5-3-2-4-6-12)10-16(20-21)13-7-8-14(18)15(19)9-13/h2-9,17H,10H2,1H3/t17-/m1/s1. The Morgan fingerprint density at radius 2 is 1.86 bits per heavy atom. The van der Waals surface area contributed by atoms with Gasteiger partial charge < -0.3 is 0 Å². The number of rotatable bonds is 2. The Bertz CT molecular complexity index is 744. The van der Waals surface area contributed by atoms with E-state index in [2.05, 4.69) is 5.10 Å². The van der Waals surface area contributed by atoms with Gasteiger partial charge in [0, 0.05) is 13.3 Å². The second-order valence-corrected chi connectivity index (χ2v) is 5.98. The summed E-state index contributed by atoms with van der Waals surface area (Å²) in [5, 5.41) is 7.01. The molecule has 0 fully saturated rings. The molecule has 0 bridgehead atoms. The molecule has 22 heavy (non-hydrogen) atoms. The summed E-state index contributed by atoms with van der Waals surface area (Å²) in [6, 6.07) is 15.2. The maximum Gasteiger partial charge on any atom is 0.240 e. The van der Waals surface area contributed by atoms with Crippen LogP contribution in [0.3, 0.4) is 0 Å². The molecule has 0 aromatic heterocycles. The third kappa shape index (κ3) is 2.87. The molecule has 3 nitrogen and oxygen atoms in total. The molecule has 112 valence electrons. The van der Waals surface area contributed by atoms with Crippen LogP contribution in [-0.4, -0.2) is 16.6 Å². The average molecular weight is 333 g/mol. The Kier molecular flexibility index (Phi) is 4.19.